The minimum atomic E-state index is -1.23. The molecular formula is C37H30IrN2OSi-2. The molecule has 0 bridgehead atoms. The van der Waals surface area contributed by atoms with E-state index in [-0.39, 0.29) is 20.1 Å². The van der Waals surface area contributed by atoms with E-state index in [4.69, 9.17) is 4.74 Å². The summed E-state index contributed by atoms with van der Waals surface area (Å²) in [6, 6.07) is 45.2. The first kappa shape index (κ1) is 29.3. The molecule has 0 N–H and O–H groups in total. The van der Waals surface area contributed by atoms with Gasteiger partial charge in [0.2, 0.25) is 0 Å². The maximum atomic E-state index is 6.28. The number of ether oxygens (including phenoxy) is 1. The van der Waals surface area contributed by atoms with Gasteiger partial charge in [0.1, 0.15) is 5.75 Å². The molecule has 1 aliphatic heterocycles. The second-order valence-electron chi connectivity index (χ2n) is 10.9. The topological polar surface area (TPSA) is 35.0 Å². The number of hydrogen-bond donors (Lipinski definition) is 0. The van der Waals surface area contributed by atoms with Crippen molar-refractivity contribution < 1.29 is 24.8 Å². The molecule has 6 aromatic rings. The van der Waals surface area contributed by atoms with Crippen LogP contribution in [0.1, 0.15) is 0 Å². The van der Waals surface area contributed by atoms with Crippen molar-refractivity contribution >= 4 is 13.3 Å². The monoisotopic (exact) mass is 739 g/mol. The number of aromatic nitrogens is 2. The van der Waals surface area contributed by atoms with E-state index in [1.165, 1.54) is 10.8 Å². The maximum absolute atomic E-state index is 6.28. The summed E-state index contributed by atoms with van der Waals surface area (Å²) < 4.78 is 6.28. The van der Waals surface area contributed by atoms with Crippen molar-refractivity contribution in [2.24, 2.45) is 0 Å². The molecule has 2 aromatic heterocycles. The van der Waals surface area contributed by atoms with E-state index in [0.29, 0.717) is 0 Å². The van der Waals surface area contributed by atoms with Gasteiger partial charge in [0.15, 0.2) is 0 Å². The van der Waals surface area contributed by atoms with Gasteiger partial charge in [-0.3, -0.25) is 0 Å². The quantitative estimate of drug-likeness (QED) is 0.134. The molecule has 7 rings (SSSR count). The van der Waals surface area contributed by atoms with Crippen molar-refractivity contribution in [3.05, 3.63) is 140 Å². The molecule has 209 valence electrons. The zero-order valence-corrected chi connectivity index (χ0v) is 27.2. The summed E-state index contributed by atoms with van der Waals surface area (Å²) in [6.07, 6.45) is 3.83. The van der Waals surface area contributed by atoms with Gasteiger partial charge in [-0.05, 0) is 45.4 Å². The molecular weight excluding hydrogens is 709 g/mol. The Labute approximate surface area is 262 Å². The molecule has 0 amide bonds. The molecule has 0 fully saturated rings. The summed E-state index contributed by atoms with van der Waals surface area (Å²) in [6.45, 7) is 7.00. The Morgan fingerprint density at radius 2 is 1.45 bits per heavy atom. The van der Waals surface area contributed by atoms with Gasteiger partial charge < -0.3 is 14.7 Å². The Balaban J connectivity index is 0.000000181. The predicted molar refractivity (Wildman–Crippen MR) is 171 cm³/mol. The van der Waals surface area contributed by atoms with Crippen LogP contribution in [-0.4, -0.2) is 18.0 Å². The molecule has 0 saturated heterocycles. The van der Waals surface area contributed by atoms with E-state index in [0.717, 1.165) is 50.7 Å². The van der Waals surface area contributed by atoms with Crippen LogP contribution in [0.25, 0.3) is 44.8 Å². The first-order valence-electron chi connectivity index (χ1n) is 13.7. The Kier molecular flexibility index (Phi) is 8.93. The van der Waals surface area contributed by atoms with Crippen molar-refractivity contribution in [3.8, 4) is 56.3 Å². The van der Waals surface area contributed by atoms with Crippen LogP contribution < -0.4 is 9.92 Å². The molecule has 0 saturated carbocycles. The molecule has 0 aliphatic carbocycles. The van der Waals surface area contributed by atoms with E-state index in [2.05, 4.69) is 90.3 Å². The molecule has 0 atom stereocenters. The molecule has 1 radical (unpaired) electrons. The van der Waals surface area contributed by atoms with Crippen LogP contribution in [-0.2, 0) is 20.1 Å². The number of fused-ring (bicyclic) bond motifs is 5. The number of benzene rings is 4. The average molecular weight is 739 g/mol. The third-order valence-corrected chi connectivity index (χ3v) is 9.10. The molecule has 3 nitrogen and oxygen atoms in total. The number of hydrogen-bond acceptors (Lipinski definition) is 3. The third kappa shape index (κ3) is 6.34. The van der Waals surface area contributed by atoms with Gasteiger partial charge in [-0.1, -0.05) is 85.9 Å². The Bertz CT molecular complexity index is 1780. The zero-order chi connectivity index (χ0) is 28.2. The van der Waals surface area contributed by atoms with Gasteiger partial charge in [0.05, 0.1) is 8.07 Å². The molecule has 0 unspecified atom stereocenters. The molecule has 0 spiro atoms. The van der Waals surface area contributed by atoms with Gasteiger partial charge in [0, 0.05) is 43.8 Å². The van der Waals surface area contributed by atoms with Crippen LogP contribution in [0.4, 0.5) is 0 Å². The summed E-state index contributed by atoms with van der Waals surface area (Å²) in [7, 11) is -1.23. The van der Waals surface area contributed by atoms with Gasteiger partial charge >= 0.3 is 0 Å². The van der Waals surface area contributed by atoms with E-state index in [9.17, 15) is 0 Å². The fraction of sp³-hybridized carbons (Fsp3) is 0.0811. The minimum absolute atomic E-state index is 0. The standard InChI is InChI=1S/C23H14NO.C14H16NSi.Ir/c1-2-7-16(8-3-1)17-12-13-18-19-10-6-14-24-23(19)20-9-4-5-11-21(20)25-22(18)15-17;1-16(2,3)13-9-10-14(15-11-13)12-7-5-4-6-8-12;/h1-8,10-15H;4-7,9-11H,1-3H3;/q2*-1;. The second-order valence-corrected chi connectivity index (χ2v) is 16.0. The summed E-state index contributed by atoms with van der Waals surface area (Å²) in [5.41, 5.74) is 8.29. The minimum Gasteiger partial charge on any atom is -0.501 e. The van der Waals surface area contributed by atoms with Crippen LogP contribution >= 0.6 is 0 Å². The molecule has 1 aliphatic rings. The van der Waals surface area contributed by atoms with Crippen LogP contribution in [0, 0.1) is 12.1 Å². The van der Waals surface area contributed by atoms with Crippen molar-refractivity contribution in [1.29, 1.82) is 0 Å². The Morgan fingerprint density at radius 3 is 2.19 bits per heavy atom. The van der Waals surface area contributed by atoms with Crippen LogP contribution in [0.2, 0.25) is 19.6 Å². The first-order valence-corrected chi connectivity index (χ1v) is 17.2. The first-order chi connectivity index (χ1) is 20.0. The normalized spacial score (nSPS) is 11.2. The zero-order valence-electron chi connectivity index (χ0n) is 23.8. The molecule has 4 aromatic carbocycles. The van der Waals surface area contributed by atoms with E-state index in [1.54, 1.807) is 0 Å². The Morgan fingerprint density at radius 1 is 0.643 bits per heavy atom. The summed E-state index contributed by atoms with van der Waals surface area (Å²) in [5.74, 6) is 1.63. The van der Waals surface area contributed by atoms with Crippen molar-refractivity contribution in [1.82, 2.24) is 9.97 Å². The number of rotatable bonds is 3. The largest absolute Gasteiger partial charge is 0.501 e. The van der Waals surface area contributed by atoms with Crippen LogP contribution in [0.5, 0.6) is 11.5 Å². The van der Waals surface area contributed by atoms with Gasteiger partial charge in [0.25, 0.3) is 0 Å². The molecule has 42 heavy (non-hydrogen) atoms. The maximum Gasteiger partial charge on any atom is 0.122 e. The van der Waals surface area contributed by atoms with Crippen LogP contribution in [0.15, 0.2) is 128 Å². The third-order valence-electron chi connectivity index (χ3n) is 7.08. The fourth-order valence-electron chi connectivity index (χ4n) is 4.82. The second kappa shape index (κ2) is 12.8. The number of pyridine rings is 2. The average Bonchev–Trinajstić information content (AvgIpc) is 3.16. The molecule has 3 heterocycles. The summed E-state index contributed by atoms with van der Waals surface area (Å²) in [4.78, 5) is 9.11. The van der Waals surface area contributed by atoms with Crippen LogP contribution in [0.3, 0.4) is 0 Å². The predicted octanol–water partition coefficient (Wildman–Crippen LogP) is 9.08. The van der Waals surface area contributed by atoms with Crippen molar-refractivity contribution in [2.45, 2.75) is 19.6 Å². The summed E-state index contributed by atoms with van der Waals surface area (Å²) in [5, 5.41) is 1.40. The van der Waals surface area contributed by atoms with E-state index < -0.39 is 8.07 Å². The fourth-order valence-corrected chi connectivity index (χ4v) is 5.86. The van der Waals surface area contributed by atoms with E-state index in [1.807, 2.05) is 79.1 Å². The SMILES string of the molecule is C[Si](C)(C)c1ccc(-c2[c-]cccc2)nc1.[Ir].[c-]1cccc2c1-c1ncccc1-c1ccc(-c3ccccc3)cc1O2. The number of nitrogens with zero attached hydrogens (tertiary/aromatic N) is 2. The van der Waals surface area contributed by atoms with Gasteiger partial charge in [-0.2, -0.15) is 0 Å². The summed E-state index contributed by atoms with van der Waals surface area (Å²) >= 11 is 0. The Hall–Kier alpha value is -4.15. The van der Waals surface area contributed by atoms with Crippen molar-refractivity contribution in [2.75, 3.05) is 0 Å². The van der Waals surface area contributed by atoms with Gasteiger partial charge in [-0.15, -0.1) is 60.2 Å². The molecule has 5 heteroatoms. The van der Waals surface area contributed by atoms with Crippen molar-refractivity contribution in [3.63, 3.8) is 0 Å². The van der Waals surface area contributed by atoms with Gasteiger partial charge in [-0.25, -0.2) is 0 Å². The smallest absolute Gasteiger partial charge is 0.122 e. The van der Waals surface area contributed by atoms with E-state index >= 15 is 0 Å².